The van der Waals surface area contributed by atoms with Gasteiger partial charge < -0.3 is 10.0 Å². The molecule has 0 saturated heterocycles. The van der Waals surface area contributed by atoms with Gasteiger partial charge in [0, 0.05) is 12.6 Å². The second-order valence-electron chi connectivity index (χ2n) is 8.00. The maximum absolute atomic E-state index is 10.3. The highest BCUT2D eigenvalue weighted by Crippen LogP contribution is 2.35. The molecule has 0 bridgehead atoms. The Kier molecular flexibility index (Phi) is 5.92. The summed E-state index contributed by atoms with van der Waals surface area (Å²) in [4.78, 5) is 2.56. The summed E-state index contributed by atoms with van der Waals surface area (Å²) in [5.41, 5.74) is 0. The topological polar surface area (TPSA) is 23.5 Å². The minimum atomic E-state index is -0.0602. The lowest BCUT2D eigenvalue weighted by molar-refractivity contribution is 0.0120. The average molecular weight is 281 g/mol. The molecular weight excluding hydrogens is 246 g/mol. The Morgan fingerprint density at radius 2 is 1.70 bits per heavy atom. The van der Waals surface area contributed by atoms with E-state index in [1.807, 2.05) is 0 Å². The molecule has 0 spiro atoms. The first-order valence-electron chi connectivity index (χ1n) is 8.85. The van der Waals surface area contributed by atoms with E-state index in [0.717, 1.165) is 36.8 Å². The first kappa shape index (κ1) is 16.3. The van der Waals surface area contributed by atoms with Gasteiger partial charge in [-0.2, -0.15) is 0 Å². The molecule has 2 rings (SSSR count). The number of hydrogen-bond acceptors (Lipinski definition) is 2. The molecule has 1 N–H and O–H groups in total. The van der Waals surface area contributed by atoms with Gasteiger partial charge in [0.2, 0.25) is 0 Å². The smallest absolute Gasteiger partial charge is 0.0580 e. The quantitative estimate of drug-likeness (QED) is 0.844. The summed E-state index contributed by atoms with van der Waals surface area (Å²) in [5.74, 6) is 3.01. The molecule has 2 aliphatic carbocycles. The van der Waals surface area contributed by atoms with Crippen molar-refractivity contribution < 1.29 is 5.11 Å². The highest BCUT2D eigenvalue weighted by Gasteiger charge is 2.32. The summed E-state index contributed by atoms with van der Waals surface area (Å²) in [6, 6.07) is 0.762. The van der Waals surface area contributed by atoms with E-state index in [2.05, 4.69) is 32.7 Å². The van der Waals surface area contributed by atoms with Crippen molar-refractivity contribution >= 4 is 0 Å². The van der Waals surface area contributed by atoms with Crippen LogP contribution in [0.2, 0.25) is 0 Å². The molecule has 0 heterocycles. The Hall–Kier alpha value is -0.0800. The van der Waals surface area contributed by atoms with Crippen molar-refractivity contribution in [1.82, 2.24) is 4.90 Å². The Labute approximate surface area is 125 Å². The minimum absolute atomic E-state index is 0.0602. The van der Waals surface area contributed by atoms with Crippen LogP contribution in [0.5, 0.6) is 0 Å². The van der Waals surface area contributed by atoms with Crippen LogP contribution in [0.3, 0.4) is 0 Å². The van der Waals surface area contributed by atoms with Gasteiger partial charge in [-0.1, -0.05) is 20.8 Å². The number of aliphatic hydroxyl groups excluding tert-OH is 1. The Bertz CT molecular complexity index is 283. The van der Waals surface area contributed by atoms with Gasteiger partial charge in [0.05, 0.1) is 6.10 Å². The molecule has 2 saturated carbocycles. The molecular formula is C18H35NO. The molecule has 2 fully saturated rings. The van der Waals surface area contributed by atoms with Gasteiger partial charge in [-0.05, 0) is 75.7 Å². The SMILES string of the molecule is CC1CCC(N(C)CC2CC(C(C)C)CCC2O)CC1. The van der Waals surface area contributed by atoms with Crippen molar-refractivity contribution in [3.8, 4) is 0 Å². The molecule has 2 aliphatic rings. The lowest BCUT2D eigenvalue weighted by atomic mass is 9.74. The van der Waals surface area contributed by atoms with Crippen molar-refractivity contribution in [2.45, 2.75) is 77.9 Å². The molecule has 20 heavy (non-hydrogen) atoms. The summed E-state index contributed by atoms with van der Waals surface area (Å²) in [6.45, 7) is 8.16. The van der Waals surface area contributed by atoms with E-state index in [1.54, 1.807) is 0 Å². The molecule has 0 amide bonds. The van der Waals surface area contributed by atoms with E-state index in [4.69, 9.17) is 0 Å². The lowest BCUT2D eigenvalue weighted by Crippen LogP contribution is -2.43. The largest absolute Gasteiger partial charge is 0.393 e. The lowest BCUT2D eigenvalue weighted by Gasteiger charge is -2.40. The standard InChI is InChI=1S/C18H35NO/c1-13(2)15-7-10-18(20)16(11-15)12-19(4)17-8-5-14(3)6-9-17/h13-18,20H,5-12H2,1-4H3. The van der Waals surface area contributed by atoms with Crippen LogP contribution in [0.25, 0.3) is 0 Å². The van der Waals surface area contributed by atoms with Gasteiger partial charge in [-0.3, -0.25) is 0 Å². The van der Waals surface area contributed by atoms with Crippen molar-refractivity contribution in [1.29, 1.82) is 0 Å². The summed E-state index contributed by atoms with van der Waals surface area (Å²) >= 11 is 0. The van der Waals surface area contributed by atoms with Crippen molar-refractivity contribution in [2.75, 3.05) is 13.6 Å². The second-order valence-corrected chi connectivity index (χ2v) is 8.00. The summed E-state index contributed by atoms with van der Waals surface area (Å²) in [7, 11) is 2.28. The third-order valence-electron chi connectivity index (χ3n) is 6.06. The van der Waals surface area contributed by atoms with E-state index in [-0.39, 0.29) is 6.10 Å². The van der Waals surface area contributed by atoms with Gasteiger partial charge in [-0.25, -0.2) is 0 Å². The first-order valence-corrected chi connectivity index (χ1v) is 8.85. The molecule has 0 aliphatic heterocycles. The van der Waals surface area contributed by atoms with Crippen molar-refractivity contribution in [2.24, 2.45) is 23.7 Å². The van der Waals surface area contributed by atoms with Crippen LogP contribution in [-0.2, 0) is 0 Å². The Morgan fingerprint density at radius 3 is 2.30 bits per heavy atom. The fraction of sp³-hybridized carbons (Fsp3) is 1.00. The van der Waals surface area contributed by atoms with Crippen LogP contribution < -0.4 is 0 Å². The zero-order chi connectivity index (χ0) is 14.7. The fourth-order valence-corrected chi connectivity index (χ4v) is 4.29. The van der Waals surface area contributed by atoms with E-state index < -0.39 is 0 Å². The van der Waals surface area contributed by atoms with Crippen LogP contribution in [0.1, 0.15) is 65.7 Å². The van der Waals surface area contributed by atoms with Crippen LogP contribution in [-0.4, -0.2) is 35.7 Å². The van der Waals surface area contributed by atoms with Crippen LogP contribution in [0.4, 0.5) is 0 Å². The zero-order valence-corrected chi connectivity index (χ0v) is 14.0. The van der Waals surface area contributed by atoms with Gasteiger partial charge in [-0.15, -0.1) is 0 Å². The summed E-state index contributed by atoms with van der Waals surface area (Å²) in [5, 5.41) is 10.3. The molecule has 0 aromatic rings. The predicted octanol–water partition coefficient (Wildman–Crippen LogP) is 3.93. The average Bonchev–Trinajstić information content (AvgIpc) is 2.41. The van der Waals surface area contributed by atoms with Crippen LogP contribution >= 0.6 is 0 Å². The number of nitrogens with zero attached hydrogens (tertiary/aromatic N) is 1. The van der Waals surface area contributed by atoms with E-state index in [1.165, 1.54) is 38.5 Å². The summed E-state index contributed by atoms with van der Waals surface area (Å²) < 4.78 is 0. The van der Waals surface area contributed by atoms with E-state index in [0.29, 0.717) is 5.92 Å². The molecule has 2 heteroatoms. The van der Waals surface area contributed by atoms with Crippen LogP contribution in [0, 0.1) is 23.7 Å². The van der Waals surface area contributed by atoms with E-state index >= 15 is 0 Å². The van der Waals surface area contributed by atoms with Gasteiger partial charge in [0.25, 0.3) is 0 Å². The Morgan fingerprint density at radius 1 is 1.05 bits per heavy atom. The minimum Gasteiger partial charge on any atom is -0.393 e. The normalized spacial score (nSPS) is 39.5. The highest BCUT2D eigenvalue weighted by atomic mass is 16.3. The molecule has 2 nitrogen and oxygen atoms in total. The molecule has 118 valence electrons. The second kappa shape index (κ2) is 7.26. The summed E-state index contributed by atoms with van der Waals surface area (Å²) in [6.07, 6.45) is 8.89. The molecule has 3 unspecified atom stereocenters. The monoisotopic (exact) mass is 281 g/mol. The molecule has 3 atom stereocenters. The molecule has 0 aromatic heterocycles. The van der Waals surface area contributed by atoms with Crippen molar-refractivity contribution in [3.05, 3.63) is 0 Å². The first-order chi connectivity index (χ1) is 9.47. The number of rotatable bonds is 4. The van der Waals surface area contributed by atoms with E-state index in [9.17, 15) is 5.11 Å². The Balaban J connectivity index is 1.84. The maximum atomic E-state index is 10.3. The molecule has 0 radical (unpaired) electrons. The van der Waals surface area contributed by atoms with Gasteiger partial charge >= 0.3 is 0 Å². The van der Waals surface area contributed by atoms with Crippen molar-refractivity contribution in [3.63, 3.8) is 0 Å². The maximum Gasteiger partial charge on any atom is 0.0580 e. The van der Waals surface area contributed by atoms with Gasteiger partial charge in [0.1, 0.15) is 0 Å². The fourth-order valence-electron chi connectivity index (χ4n) is 4.29. The third-order valence-corrected chi connectivity index (χ3v) is 6.06. The van der Waals surface area contributed by atoms with Crippen LogP contribution in [0.15, 0.2) is 0 Å². The van der Waals surface area contributed by atoms with Gasteiger partial charge in [0.15, 0.2) is 0 Å². The zero-order valence-electron chi connectivity index (χ0n) is 14.0. The third kappa shape index (κ3) is 4.21. The number of aliphatic hydroxyl groups is 1. The highest BCUT2D eigenvalue weighted by molar-refractivity contribution is 4.85. The predicted molar refractivity (Wildman–Crippen MR) is 85.7 cm³/mol. The number of hydrogen-bond donors (Lipinski definition) is 1. The molecule has 0 aromatic carbocycles.